The van der Waals surface area contributed by atoms with Crippen LogP contribution in [0, 0.1) is 5.82 Å². The zero-order valence-electron chi connectivity index (χ0n) is 31.8. The number of carbonyl (C=O) groups excluding carboxylic acids is 1. The second-order valence-electron chi connectivity index (χ2n) is 16.3. The number of amides is 1. The number of anilines is 1. The van der Waals surface area contributed by atoms with E-state index in [-0.39, 0.29) is 65.3 Å². The van der Waals surface area contributed by atoms with Crippen molar-refractivity contribution in [1.82, 2.24) is 29.3 Å². The molecule has 17 heteroatoms. The van der Waals surface area contributed by atoms with Crippen LogP contribution >= 0.6 is 0 Å². The summed E-state index contributed by atoms with van der Waals surface area (Å²) in [5, 5.41) is 1.69. The lowest BCUT2D eigenvalue weighted by molar-refractivity contribution is -0.0673. The fraction of sp³-hybridized carbons (Fsp3) is 0.550. The van der Waals surface area contributed by atoms with Gasteiger partial charge in [0.2, 0.25) is 0 Å². The minimum atomic E-state index is -2.83. The van der Waals surface area contributed by atoms with Crippen LogP contribution in [-0.4, -0.2) is 109 Å². The Balaban J connectivity index is 1.18. The highest BCUT2D eigenvalue weighted by Crippen LogP contribution is 2.42. The Labute approximate surface area is 330 Å². The normalized spacial score (nSPS) is 24.5. The van der Waals surface area contributed by atoms with Gasteiger partial charge in [0.05, 0.1) is 23.1 Å². The van der Waals surface area contributed by atoms with Crippen LogP contribution in [0.2, 0.25) is 0 Å². The van der Waals surface area contributed by atoms with Crippen LogP contribution < -0.4 is 13.8 Å². The Kier molecular flexibility index (Phi) is 9.91. The first-order valence-electron chi connectivity index (χ1n) is 19.8. The largest absolute Gasteiger partial charge is 0.461 e. The van der Waals surface area contributed by atoms with Gasteiger partial charge in [0.25, 0.3) is 17.2 Å². The van der Waals surface area contributed by atoms with Crippen LogP contribution in [0.4, 0.5) is 28.3 Å². The van der Waals surface area contributed by atoms with Crippen molar-refractivity contribution in [3.63, 3.8) is 0 Å². The van der Waals surface area contributed by atoms with E-state index in [0.717, 1.165) is 44.3 Å². The number of rotatable bonds is 6. The summed E-state index contributed by atoms with van der Waals surface area (Å²) in [6, 6.07) is 8.68. The molecule has 57 heavy (non-hydrogen) atoms. The molecule has 0 spiro atoms. The van der Waals surface area contributed by atoms with Gasteiger partial charge in [0.15, 0.2) is 5.82 Å². The summed E-state index contributed by atoms with van der Waals surface area (Å²) in [7, 11) is 0. The zero-order chi connectivity index (χ0) is 39.5. The third-order valence-corrected chi connectivity index (χ3v) is 13.6. The first-order chi connectivity index (χ1) is 27.4. The molecule has 12 nitrogen and oxygen atoms in total. The standard InChI is InChI=1S/C40H45F4N7O5S/c1-38-10-4-15-48(24-38)35-30-23-45-33(32(41)34(30)46-36(47-35)55-25-39-11-5-16-49(39)17-6-12-39)29-22-28(56-57(53)50-18-13-40(42,43)14-19-50)21-27-8-2-7-26(31(27)29)9-3-20-54-37(52)51(38)44/h2,7-8,21-23H,3-6,9-20,24-25H2,1H3. The van der Waals surface area contributed by atoms with Gasteiger partial charge in [0, 0.05) is 50.8 Å². The Bertz CT molecular complexity index is 2230. The van der Waals surface area contributed by atoms with E-state index in [1.54, 1.807) is 25.1 Å². The van der Waals surface area contributed by atoms with Gasteiger partial charge in [-0.15, -0.1) is 5.12 Å². The summed E-state index contributed by atoms with van der Waals surface area (Å²) in [6.45, 7) is 4.17. The summed E-state index contributed by atoms with van der Waals surface area (Å²) in [5.41, 5.74) is -0.407. The monoisotopic (exact) mass is 811 g/mol. The van der Waals surface area contributed by atoms with E-state index in [4.69, 9.17) is 18.6 Å². The molecule has 2 aromatic carbocycles. The zero-order valence-corrected chi connectivity index (χ0v) is 32.6. The van der Waals surface area contributed by atoms with Crippen LogP contribution in [0.5, 0.6) is 11.8 Å². The molecule has 10 rings (SSSR count). The van der Waals surface area contributed by atoms with Gasteiger partial charge in [-0.2, -0.15) is 18.5 Å². The topological polar surface area (TPSA) is 113 Å². The van der Waals surface area contributed by atoms with E-state index in [0.29, 0.717) is 61.0 Å². The van der Waals surface area contributed by atoms with Crippen LogP contribution in [0.15, 0.2) is 36.5 Å². The van der Waals surface area contributed by atoms with E-state index in [9.17, 15) is 17.8 Å². The highest BCUT2D eigenvalue weighted by molar-refractivity contribution is 7.78. The second-order valence-corrected chi connectivity index (χ2v) is 17.4. The van der Waals surface area contributed by atoms with Crippen LogP contribution in [0.3, 0.4) is 0 Å². The van der Waals surface area contributed by atoms with Crippen molar-refractivity contribution < 1.29 is 40.3 Å². The minimum absolute atomic E-state index is 0.0199. The molecule has 0 radical (unpaired) electrons. The highest BCUT2D eigenvalue weighted by Gasteiger charge is 2.46. The Morgan fingerprint density at radius 2 is 1.74 bits per heavy atom. The molecule has 2 unspecified atom stereocenters. The number of carbonyl (C=O) groups is 1. The SMILES string of the molecule is CC12CCCN(C1)c1nc(OCC34CCCN3CCC4)nc3c(F)c(ncc13)-c1cc(OS(=O)N3CCC(F)(F)CC3)cc3cccc(c13)CCCOC(=O)N2F. The molecule has 2 aromatic heterocycles. The average Bonchev–Trinajstić information content (AvgIpc) is 3.78. The molecule has 1 amide bonds. The van der Waals surface area contributed by atoms with Crippen LogP contribution in [-0.2, 0) is 22.4 Å². The number of aryl methyl sites for hydroxylation is 1. The van der Waals surface area contributed by atoms with E-state index in [1.807, 2.05) is 17.0 Å². The summed E-state index contributed by atoms with van der Waals surface area (Å²) >= 11 is -2.10. The van der Waals surface area contributed by atoms with Gasteiger partial charge in [0.1, 0.15) is 29.4 Å². The third-order valence-electron chi connectivity index (χ3n) is 12.5. The molecule has 6 aliphatic heterocycles. The second kappa shape index (κ2) is 14.8. The maximum atomic E-state index is 17.5. The molecule has 6 aliphatic rings. The third kappa shape index (κ3) is 7.13. The lowest BCUT2D eigenvalue weighted by atomic mass is 9.90. The van der Waals surface area contributed by atoms with Gasteiger partial charge >= 0.3 is 12.1 Å². The predicted molar refractivity (Wildman–Crippen MR) is 205 cm³/mol. The van der Waals surface area contributed by atoms with Crippen LogP contribution in [0.25, 0.3) is 32.9 Å². The number of alkyl halides is 2. The summed E-state index contributed by atoms with van der Waals surface area (Å²) in [4.78, 5) is 31.6. The number of hydrogen-bond donors (Lipinski definition) is 0. The number of benzene rings is 2. The predicted octanol–water partition coefficient (Wildman–Crippen LogP) is 7.31. The van der Waals surface area contributed by atoms with Crippen molar-refractivity contribution in [1.29, 1.82) is 0 Å². The Morgan fingerprint density at radius 1 is 0.965 bits per heavy atom. The van der Waals surface area contributed by atoms with Gasteiger partial charge in [-0.05, 0) is 99.8 Å². The molecule has 4 aromatic rings. The van der Waals surface area contributed by atoms with E-state index >= 15 is 8.87 Å². The van der Waals surface area contributed by atoms with Gasteiger partial charge in [-0.25, -0.2) is 18.0 Å². The molecule has 0 N–H and O–H groups in total. The number of pyridine rings is 1. The maximum Gasteiger partial charge on any atom is 0.438 e. The Hall–Kier alpha value is -4.35. The molecule has 6 bridgehead atoms. The Morgan fingerprint density at radius 3 is 2.53 bits per heavy atom. The number of ether oxygens (including phenoxy) is 2. The van der Waals surface area contributed by atoms with Crippen molar-refractivity contribution >= 4 is 44.9 Å². The van der Waals surface area contributed by atoms with E-state index in [1.165, 1.54) is 10.5 Å². The van der Waals surface area contributed by atoms with E-state index in [2.05, 4.69) is 14.9 Å². The number of aromatic nitrogens is 3. The minimum Gasteiger partial charge on any atom is -0.461 e. The number of halogens is 4. The molecule has 304 valence electrons. The summed E-state index contributed by atoms with van der Waals surface area (Å²) in [5.74, 6) is -3.14. The summed E-state index contributed by atoms with van der Waals surface area (Å²) in [6.07, 6.45) is 5.21. The van der Waals surface area contributed by atoms with Crippen LogP contribution in [0.1, 0.15) is 70.3 Å². The van der Waals surface area contributed by atoms with Crippen molar-refractivity contribution in [3.05, 3.63) is 47.9 Å². The average molecular weight is 812 g/mol. The van der Waals surface area contributed by atoms with Gasteiger partial charge < -0.3 is 18.6 Å². The molecule has 8 heterocycles. The molecule has 0 saturated carbocycles. The fourth-order valence-corrected chi connectivity index (χ4v) is 10.3. The number of fused-ring (bicyclic) bond motifs is 7. The number of nitrogens with zero attached hydrogens (tertiary/aromatic N) is 7. The number of piperidine rings is 2. The van der Waals surface area contributed by atoms with Crippen molar-refractivity contribution in [2.75, 3.05) is 57.4 Å². The quantitative estimate of drug-likeness (QED) is 0.145. The van der Waals surface area contributed by atoms with Gasteiger partial charge in [-0.1, -0.05) is 22.7 Å². The lowest BCUT2D eigenvalue weighted by Crippen LogP contribution is -2.56. The van der Waals surface area contributed by atoms with E-state index < -0.39 is 47.5 Å². The lowest BCUT2D eigenvalue weighted by Gasteiger charge is -2.43. The van der Waals surface area contributed by atoms with Crippen molar-refractivity contribution in [2.45, 2.75) is 88.1 Å². The molecular weight excluding hydrogens is 767 g/mol. The van der Waals surface area contributed by atoms with Gasteiger partial charge in [-0.3, -0.25) is 9.88 Å². The highest BCUT2D eigenvalue weighted by atomic mass is 32.2. The maximum absolute atomic E-state index is 17.5. The summed E-state index contributed by atoms with van der Waals surface area (Å²) < 4.78 is 93.8. The fourth-order valence-electron chi connectivity index (χ4n) is 9.45. The van der Waals surface area contributed by atoms with Crippen molar-refractivity contribution in [3.8, 4) is 23.0 Å². The molecule has 0 aliphatic carbocycles. The molecular formula is C40H45F4N7O5S. The molecule has 2 atom stereocenters. The molecule has 4 saturated heterocycles. The van der Waals surface area contributed by atoms with Crippen molar-refractivity contribution in [2.24, 2.45) is 0 Å². The molecule has 4 fully saturated rings. The smallest absolute Gasteiger partial charge is 0.438 e. The first kappa shape index (κ1) is 38.2. The number of hydrogen-bond acceptors (Lipinski definition) is 10. The first-order valence-corrected chi connectivity index (χ1v) is 20.9.